The van der Waals surface area contributed by atoms with Crippen molar-refractivity contribution in [2.45, 2.75) is 371 Å². The number of nitrogens with one attached hydrogen (secondary N) is 1. The highest BCUT2D eigenvalue weighted by Gasteiger charge is 2.44. The number of carbonyl (C=O) groups excluding carboxylic acids is 2. The summed E-state index contributed by atoms with van der Waals surface area (Å²) in [6, 6.07) is -0.833. The Morgan fingerprint density at radius 1 is 0.464 bits per heavy atom. The van der Waals surface area contributed by atoms with Gasteiger partial charge in [0, 0.05) is 12.8 Å². The number of ether oxygens (including phenoxy) is 3. The first-order valence-corrected chi connectivity index (χ1v) is 35.5. The lowest BCUT2D eigenvalue weighted by Gasteiger charge is -2.40. The van der Waals surface area contributed by atoms with Gasteiger partial charge in [0.05, 0.1) is 32.0 Å². The molecule has 0 aromatic rings. The Bertz CT molecular complexity index is 1580. The molecule has 1 amide bonds. The number of rotatable bonds is 62. The van der Waals surface area contributed by atoms with Gasteiger partial charge in [-0.3, -0.25) is 9.59 Å². The van der Waals surface area contributed by atoms with Gasteiger partial charge in [-0.25, -0.2) is 0 Å². The van der Waals surface area contributed by atoms with E-state index in [1.807, 2.05) is 19.1 Å². The number of aliphatic hydroxyl groups excluding tert-OH is 5. The van der Waals surface area contributed by atoms with Crippen molar-refractivity contribution in [2.24, 2.45) is 0 Å². The van der Waals surface area contributed by atoms with E-state index in [0.717, 1.165) is 64.2 Å². The van der Waals surface area contributed by atoms with Crippen molar-refractivity contribution in [3.63, 3.8) is 0 Å². The topological polar surface area (TPSA) is 175 Å². The van der Waals surface area contributed by atoms with Gasteiger partial charge in [0.1, 0.15) is 24.4 Å². The summed E-state index contributed by atoms with van der Waals surface area (Å²) in [6.07, 6.45) is 72.6. The molecule has 1 fully saturated rings. The van der Waals surface area contributed by atoms with Crippen molar-refractivity contribution in [1.82, 2.24) is 5.32 Å². The first-order chi connectivity index (χ1) is 41.2. The third-order valence-corrected chi connectivity index (χ3v) is 16.7. The van der Waals surface area contributed by atoms with Crippen LogP contribution in [-0.4, -0.2) is 100 Å². The Morgan fingerprint density at radius 2 is 0.857 bits per heavy atom. The second-order valence-corrected chi connectivity index (χ2v) is 24.6. The molecule has 1 aliphatic heterocycles. The maximum absolute atomic E-state index is 13.0. The molecule has 7 atom stereocenters. The van der Waals surface area contributed by atoms with Crippen LogP contribution in [0.4, 0.5) is 0 Å². The summed E-state index contributed by atoms with van der Waals surface area (Å²) >= 11 is 0. The van der Waals surface area contributed by atoms with Crippen LogP contribution >= 0.6 is 0 Å². The molecule has 84 heavy (non-hydrogen) atoms. The van der Waals surface area contributed by atoms with Gasteiger partial charge in [-0.05, 0) is 84.0 Å². The number of allylic oxidation sites excluding steroid dienone is 9. The molecular weight excluding hydrogens is 1050 g/mol. The summed E-state index contributed by atoms with van der Waals surface area (Å²) < 4.78 is 16.7. The van der Waals surface area contributed by atoms with Crippen LogP contribution in [0.5, 0.6) is 0 Å². The quantitative estimate of drug-likeness (QED) is 0.0195. The normalized spacial score (nSPS) is 18.4. The van der Waals surface area contributed by atoms with E-state index in [0.29, 0.717) is 19.4 Å². The van der Waals surface area contributed by atoms with Crippen LogP contribution in [0.3, 0.4) is 0 Å². The molecule has 1 heterocycles. The zero-order valence-corrected chi connectivity index (χ0v) is 54.4. The van der Waals surface area contributed by atoms with Crippen LogP contribution in [0, 0.1) is 0 Å². The molecule has 490 valence electrons. The molecular formula is C73H133NO10. The van der Waals surface area contributed by atoms with Gasteiger partial charge in [0.2, 0.25) is 5.91 Å². The summed E-state index contributed by atoms with van der Waals surface area (Å²) in [5, 5.41) is 54.2. The highest BCUT2D eigenvalue weighted by atomic mass is 16.7. The first-order valence-electron chi connectivity index (χ1n) is 35.5. The van der Waals surface area contributed by atoms with Crippen molar-refractivity contribution < 1.29 is 49.3 Å². The molecule has 1 rings (SSSR count). The molecule has 0 bridgehead atoms. The number of carbonyl (C=O) groups is 2. The zero-order valence-electron chi connectivity index (χ0n) is 54.4. The second-order valence-electron chi connectivity index (χ2n) is 24.6. The summed E-state index contributed by atoms with van der Waals surface area (Å²) in [6.45, 7) is 4.11. The molecule has 11 nitrogen and oxygen atoms in total. The van der Waals surface area contributed by atoms with Crippen LogP contribution in [0.15, 0.2) is 60.8 Å². The predicted molar refractivity (Wildman–Crippen MR) is 352 cm³/mol. The van der Waals surface area contributed by atoms with Gasteiger partial charge in [-0.2, -0.15) is 0 Å². The minimum atomic E-state index is -1.58. The zero-order chi connectivity index (χ0) is 60.9. The highest BCUT2D eigenvalue weighted by molar-refractivity contribution is 5.76. The molecule has 0 saturated carbocycles. The van der Waals surface area contributed by atoms with Gasteiger partial charge in [0.15, 0.2) is 6.29 Å². The summed E-state index contributed by atoms with van der Waals surface area (Å²) in [4.78, 5) is 25.1. The molecule has 0 radical (unpaired) electrons. The smallest absolute Gasteiger partial charge is 0.305 e. The largest absolute Gasteiger partial charge is 0.466 e. The fraction of sp³-hybridized carbons (Fsp3) is 0.836. The molecule has 0 aromatic carbocycles. The Hall–Kier alpha value is -2.64. The minimum absolute atomic E-state index is 0.00863. The predicted octanol–water partition coefficient (Wildman–Crippen LogP) is 18.1. The van der Waals surface area contributed by atoms with Gasteiger partial charge in [-0.1, -0.05) is 292 Å². The van der Waals surface area contributed by atoms with E-state index in [2.05, 4.69) is 54.8 Å². The number of unbranched alkanes of at least 4 members (excludes halogenated alkanes) is 41. The van der Waals surface area contributed by atoms with Gasteiger partial charge in [-0.15, -0.1) is 0 Å². The fourth-order valence-corrected chi connectivity index (χ4v) is 11.1. The Morgan fingerprint density at radius 3 is 1.31 bits per heavy atom. The Labute approximate surface area is 516 Å². The van der Waals surface area contributed by atoms with E-state index in [1.54, 1.807) is 6.08 Å². The maximum Gasteiger partial charge on any atom is 0.305 e. The van der Waals surface area contributed by atoms with Gasteiger partial charge >= 0.3 is 5.97 Å². The molecule has 11 heteroatoms. The van der Waals surface area contributed by atoms with E-state index < -0.39 is 49.5 Å². The molecule has 1 saturated heterocycles. The van der Waals surface area contributed by atoms with E-state index in [-0.39, 0.29) is 18.5 Å². The standard InChI is InChI=1S/C73H133NO10/c1-3-5-7-9-11-13-14-15-38-41-45-49-53-57-61-69(78)82-62-58-54-50-46-42-39-36-34-32-30-28-26-24-22-20-18-16-17-19-21-23-25-27-29-31-33-35-37-40-44-48-52-56-60-68(77)74-65(66(76)59-55-51-47-43-12-10-8-6-4-2)64-83-73-72(81)71(80)70(79)67(63-75)84-73/h4,6,12,20,22,26,28,43,55,59,65-67,70-73,75-76,79-81H,3,5,7-11,13-19,21,23-25,27,29-42,44-54,56-58,60-64H2,1-2H3,(H,74,77)/b6-4+,22-20-,28-26-,43-12+,59-55+. The van der Waals surface area contributed by atoms with Crippen molar-refractivity contribution in [3.05, 3.63) is 60.8 Å². The lowest BCUT2D eigenvalue weighted by atomic mass is 9.99. The molecule has 0 aliphatic carbocycles. The molecule has 0 spiro atoms. The number of hydrogen-bond donors (Lipinski definition) is 6. The number of amides is 1. The maximum atomic E-state index is 13.0. The highest BCUT2D eigenvalue weighted by Crippen LogP contribution is 2.23. The molecule has 6 N–H and O–H groups in total. The fourth-order valence-electron chi connectivity index (χ4n) is 11.1. The Kier molecular flexibility index (Phi) is 58.6. The number of esters is 1. The van der Waals surface area contributed by atoms with Crippen LogP contribution in [0.2, 0.25) is 0 Å². The van der Waals surface area contributed by atoms with E-state index >= 15 is 0 Å². The number of hydrogen-bond acceptors (Lipinski definition) is 10. The SMILES string of the molecule is C/C=C/CC/C=C/CC/C=C/C(O)C(COC1OC(CO)C(O)C(O)C1O)NC(=O)CCCCCCCCCCCCCCCCCCC/C=C\C/C=C\CCCCCCCCCCCOC(=O)CCCCCCCCCCCCCCCC. The van der Waals surface area contributed by atoms with E-state index in [9.17, 15) is 35.1 Å². The van der Waals surface area contributed by atoms with Crippen LogP contribution in [0.25, 0.3) is 0 Å². The first kappa shape index (κ1) is 79.4. The monoisotopic (exact) mass is 1180 g/mol. The van der Waals surface area contributed by atoms with E-state index in [1.165, 1.54) is 238 Å². The van der Waals surface area contributed by atoms with Crippen LogP contribution in [-0.2, 0) is 23.8 Å². The van der Waals surface area contributed by atoms with Crippen LogP contribution < -0.4 is 5.32 Å². The lowest BCUT2D eigenvalue weighted by molar-refractivity contribution is -0.302. The van der Waals surface area contributed by atoms with Gasteiger partial charge in [0.25, 0.3) is 0 Å². The van der Waals surface area contributed by atoms with Crippen LogP contribution in [0.1, 0.15) is 328 Å². The van der Waals surface area contributed by atoms with Crippen molar-refractivity contribution in [1.29, 1.82) is 0 Å². The molecule has 1 aliphatic rings. The average Bonchev–Trinajstić information content (AvgIpc) is 3.39. The van der Waals surface area contributed by atoms with Gasteiger partial charge < -0.3 is 45.1 Å². The second kappa shape index (κ2) is 62.0. The summed E-state index contributed by atoms with van der Waals surface area (Å²) in [5.41, 5.74) is 0. The van der Waals surface area contributed by atoms with E-state index in [4.69, 9.17) is 14.2 Å². The average molecular weight is 1180 g/mol. The van der Waals surface area contributed by atoms with Crippen molar-refractivity contribution in [2.75, 3.05) is 19.8 Å². The third-order valence-electron chi connectivity index (χ3n) is 16.7. The number of aliphatic hydroxyl groups is 5. The van der Waals surface area contributed by atoms with Crippen molar-refractivity contribution in [3.8, 4) is 0 Å². The Balaban J connectivity index is 1.91. The summed E-state index contributed by atoms with van der Waals surface area (Å²) in [7, 11) is 0. The molecule has 7 unspecified atom stereocenters. The minimum Gasteiger partial charge on any atom is -0.466 e. The lowest BCUT2D eigenvalue weighted by Crippen LogP contribution is -2.60. The summed E-state index contributed by atoms with van der Waals surface area (Å²) in [5.74, 6) is -0.189. The third kappa shape index (κ3) is 50.4. The molecule has 0 aromatic heterocycles. The van der Waals surface area contributed by atoms with Crippen molar-refractivity contribution >= 4 is 11.9 Å².